The Morgan fingerprint density at radius 1 is 0.929 bits per heavy atom. The number of carbonyl (C=O) groups excluding carboxylic acids is 1. The first kappa shape index (κ1) is 22.2. The number of hydrogen-bond acceptors (Lipinski definition) is 4. The van der Waals surface area contributed by atoms with Crippen molar-refractivity contribution >= 4 is 27.6 Å². The topological polar surface area (TPSA) is 58.9 Å². The SMILES string of the molecule is C/C(=N\OC(=O)c1ccc(Br)cc1)c1cc(C(C)(C)C)c(O)c(C(C)(C)C)c1. The van der Waals surface area contributed by atoms with Crippen molar-refractivity contribution in [3.63, 3.8) is 0 Å². The first-order valence-corrected chi connectivity index (χ1v) is 10.00. The second kappa shape index (κ2) is 8.08. The van der Waals surface area contributed by atoms with Crippen LogP contribution < -0.4 is 0 Å². The van der Waals surface area contributed by atoms with Gasteiger partial charge in [0, 0.05) is 15.6 Å². The Morgan fingerprint density at radius 3 is 1.82 bits per heavy atom. The van der Waals surface area contributed by atoms with Gasteiger partial charge in [-0.1, -0.05) is 62.6 Å². The normalized spacial score (nSPS) is 12.8. The molecule has 2 aromatic rings. The molecule has 0 bridgehead atoms. The highest BCUT2D eigenvalue weighted by Gasteiger charge is 2.27. The molecule has 2 rings (SSSR count). The monoisotopic (exact) mass is 445 g/mol. The summed E-state index contributed by atoms with van der Waals surface area (Å²) in [5.74, 6) is -0.207. The highest BCUT2D eigenvalue weighted by atomic mass is 79.9. The summed E-state index contributed by atoms with van der Waals surface area (Å²) in [6, 6.07) is 10.7. The number of rotatable bonds is 3. The molecule has 0 saturated heterocycles. The minimum atomic E-state index is -0.516. The van der Waals surface area contributed by atoms with Gasteiger partial charge in [-0.05, 0) is 59.7 Å². The van der Waals surface area contributed by atoms with E-state index in [1.807, 2.05) is 12.1 Å². The summed E-state index contributed by atoms with van der Waals surface area (Å²) >= 11 is 3.34. The van der Waals surface area contributed by atoms with Crippen LogP contribution >= 0.6 is 15.9 Å². The van der Waals surface area contributed by atoms with Crippen LogP contribution in [0.4, 0.5) is 0 Å². The first-order valence-electron chi connectivity index (χ1n) is 9.20. The van der Waals surface area contributed by atoms with Gasteiger partial charge in [-0.15, -0.1) is 0 Å². The molecule has 0 fully saturated rings. The van der Waals surface area contributed by atoms with Crippen LogP contribution in [0.3, 0.4) is 0 Å². The molecule has 0 saturated carbocycles. The van der Waals surface area contributed by atoms with Gasteiger partial charge in [0.15, 0.2) is 0 Å². The lowest BCUT2D eigenvalue weighted by Crippen LogP contribution is -2.18. The van der Waals surface area contributed by atoms with E-state index in [1.54, 1.807) is 31.2 Å². The van der Waals surface area contributed by atoms with Gasteiger partial charge in [0.05, 0.1) is 11.3 Å². The predicted octanol–water partition coefficient (Wildman–Crippen LogP) is 6.33. The van der Waals surface area contributed by atoms with Gasteiger partial charge in [-0.2, -0.15) is 0 Å². The summed E-state index contributed by atoms with van der Waals surface area (Å²) in [5.41, 5.74) is 3.00. The fraction of sp³-hybridized carbons (Fsp3) is 0.391. The Morgan fingerprint density at radius 2 is 1.39 bits per heavy atom. The Hall–Kier alpha value is -2.14. The van der Waals surface area contributed by atoms with Gasteiger partial charge < -0.3 is 9.94 Å². The molecular formula is C23H28BrNO3. The zero-order valence-electron chi connectivity index (χ0n) is 17.6. The third-order valence-electron chi connectivity index (χ3n) is 4.49. The summed E-state index contributed by atoms with van der Waals surface area (Å²) in [7, 11) is 0. The molecule has 2 aromatic carbocycles. The number of phenolic OH excluding ortho intramolecular Hbond substituents is 1. The Bertz CT molecular complexity index is 866. The van der Waals surface area contributed by atoms with Gasteiger partial charge in [-0.3, -0.25) is 0 Å². The molecule has 0 heterocycles. The van der Waals surface area contributed by atoms with Crippen molar-refractivity contribution in [2.45, 2.75) is 59.3 Å². The number of aromatic hydroxyl groups is 1. The molecule has 5 heteroatoms. The van der Waals surface area contributed by atoms with Crippen molar-refractivity contribution in [2.24, 2.45) is 5.16 Å². The van der Waals surface area contributed by atoms with Gasteiger partial charge >= 0.3 is 5.97 Å². The van der Waals surface area contributed by atoms with Crippen molar-refractivity contribution in [1.29, 1.82) is 0 Å². The molecule has 150 valence electrons. The minimum Gasteiger partial charge on any atom is -0.507 e. The first-order chi connectivity index (χ1) is 12.8. The molecule has 0 radical (unpaired) electrons. The van der Waals surface area contributed by atoms with Gasteiger partial charge in [0.25, 0.3) is 0 Å². The second-order valence-corrected chi connectivity index (χ2v) is 9.90. The van der Waals surface area contributed by atoms with E-state index in [4.69, 9.17) is 4.84 Å². The number of oxime groups is 1. The molecule has 0 aromatic heterocycles. The van der Waals surface area contributed by atoms with Crippen LogP contribution in [0.1, 0.15) is 75.5 Å². The van der Waals surface area contributed by atoms with Crippen molar-refractivity contribution in [1.82, 2.24) is 0 Å². The smallest absolute Gasteiger partial charge is 0.365 e. The molecule has 0 amide bonds. The maximum absolute atomic E-state index is 12.2. The quantitative estimate of drug-likeness (QED) is 0.341. The van der Waals surface area contributed by atoms with Crippen molar-refractivity contribution in [3.8, 4) is 5.75 Å². The maximum Gasteiger partial charge on any atom is 0.365 e. The zero-order valence-corrected chi connectivity index (χ0v) is 19.1. The number of benzene rings is 2. The zero-order chi connectivity index (χ0) is 21.3. The summed E-state index contributed by atoms with van der Waals surface area (Å²) in [4.78, 5) is 17.4. The number of phenols is 1. The summed E-state index contributed by atoms with van der Waals surface area (Å²) in [6.45, 7) is 14.1. The van der Waals surface area contributed by atoms with Crippen molar-refractivity contribution < 1.29 is 14.7 Å². The lowest BCUT2D eigenvalue weighted by molar-refractivity contribution is 0.0516. The van der Waals surface area contributed by atoms with Crippen LogP contribution in [0.25, 0.3) is 0 Å². The third kappa shape index (κ3) is 5.22. The number of carbonyl (C=O) groups is 1. The van der Waals surface area contributed by atoms with Crippen LogP contribution in [-0.2, 0) is 15.7 Å². The average Bonchev–Trinajstić information content (AvgIpc) is 2.58. The molecular weight excluding hydrogens is 418 g/mol. The van der Waals surface area contributed by atoms with Crippen molar-refractivity contribution in [3.05, 3.63) is 63.1 Å². The second-order valence-electron chi connectivity index (χ2n) is 8.98. The van der Waals surface area contributed by atoms with Crippen LogP contribution in [0.2, 0.25) is 0 Å². The number of hydrogen-bond donors (Lipinski definition) is 1. The predicted molar refractivity (Wildman–Crippen MR) is 117 cm³/mol. The average molecular weight is 446 g/mol. The summed E-state index contributed by atoms with van der Waals surface area (Å²) in [6.07, 6.45) is 0. The molecule has 0 unspecified atom stereocenters. The fourth-order valence-corrected chi connectivity index (χ4v) is 3.05. The van der Waals surface area contributed by atoms with E-state index in [0.717, 1.165) is 21.2 Å². The fourth-order valence-electron chi connectivity index (χ4n) is 2.79. The lowest BCUT2D eigenvalue weighted by Gasteiger charge is -2.28. The van der Waals surface area contributed by atoms with E-state index < -0.39 is 5.97 Å². The highest BCUT2D eigenvalue weighted by Crippen LogP contribution is 2.39. The third-order valence-corrected chi connectivity index (χ3v) is 5.02. The van der Waals surface area contributed by atoms with E-state index in [-0.39, 0.29) is 10.8 Å². The number of nitrogens with zero attached hydrogens (tertiary/aromatic N) is 1. The van der Waals surface area contributed by atoms with E-state index >= 15 is 0 Å². The van der Waals surface area contributed by atoms with Crippen LogP contribution in [0.15, 0.2) is 46.0 Å². The lowest BCUT2D eigenvalue weighted by atomic mass is 9.78. The van der Waals surface area contributed by atoms with Gasteiger partial charge in [0.2, 0.25) is 0 Å². The van der Waals surface area contributed by atoms with E-state index in [2.05, 4.69) is 62.6 Å². The molecule has 0 aliphatic heterocycles. The van der Waals surface area contributed by atoms with E-state index in [0.29, 0.717) is 17.0 Å². The summed E-state index contributed by atoms with van der Waals surface area (Å²) < 4.78 is 0.886. The molecule has 0 aliphatic carbocycles. The summed E-state index contributed by atoms with van der Waals surface area (Å²) in [5, 5.41) is 14.9. The maximum atomic E-state index is 12.2. The van der Waals surface area contributed by atoms with Gasteiger partial charge in [0.1, 0.15) is 5.75 Å². The van der Waals surface area contributed by atoms with E-state index in [9.17, 15) is 9.90 Å². The van der Waals surface area contributed by atoms with Crippen LogP contribution in [-0.4, -0.2) is 16.8 Å². The molecule has 0 atom stereocenters. The van der Waals surface area contributed by atoms with E-state index in [1.165, 1.54) is 0 Å². The molecule has 0 aliphatic rings. The highest BCUT2D eigenvalue weighted by molar-refractivity contribution is 9.10. The molecule has 0 spiro atoms. The molecule has 4 nitrogen and oxygen atoms in total. The Balaban J connectivity index is 2.41. The van der Waals surface area contributed by atoms with Crippen LogP contribution in [0.5, 0.6) is 5.75 Å². The van der Waals surface area contributed by atoms with Crippen molar-refractivity contribution in [2.75, 3.05) is 0 Å². The minimum absolute atomic E-state index is 0.242. The molecule has 28 heavy (non-hydrogen) atoms. The molecule has 1 N–H and O–H groups in total. The van der Waals surface area contributed by atoms with Gasteiger partial charge in [-0.25, -0.2) is 4.79 Å². The Labute approximate surface area is 175 Å². The number of halogens is 1. The standard InChI is InChI=1S/C23H28BrNO3/c1-14(25-28-21(27)15-8-10-17(24)11-9-15)16-12-18(22(2,3)4)20(26)19(13-16)23(5,6)7/h8-13,26H,1-7H3/b25-14+. The Kier molecular flexibility index (Phi) is 6.39. The largest absolute Gasteiger partial charge is 0.507 e. The van der Waals surface area contributed by atoms with Crippen LogP contribution in [0, 0.1) is 0 Å².